The Bertz CT molecular complexity index is 635. The van der Waals surface area contributed by atoms with E-state index in [2.05, 4.69) is 5.32 Å². The molecule has 1 aliphatic carbocycles. The minimum Gasteiger partial charge on any atom is -0.388 e. The van der Waals surface area contributed by atoms with Gasteiger partial charge in [0.25, 0.3) is 0 Å². The Labute approximate surface area is 137 Å². The number of amides is 1. The first-order chi connectivity index (χ1) is 11.2. The molecule has 1 fully saturated rings. The van der Waals surface area contributed by atoms with Crippen LogP contribution in [0, 0.1) is 0 Å². The van der Waals surface area contributed by atoms with Crippen molar-refractivity contribution >= 4 is 5.91 Å². The van der Waals surface area contributed by atoms with E-state index in [0.717, 1.165) is 30.4 Å². The van der Waals surface area contributed by atoms with Gasteiger partial charge in [0.2, 0.25) is 5.91 Å². The van der Waals surface area contributed by atoms with Crippen molar-refractivity contribution in [3.63, 3.8) is 0 Å². The summed E-state index contributed by atoms with van der Waals surface area (Å²) >= 11 is 0. The standard InChI is InChI=1S/C20H23NO2/c22-18(16-8-3-1-4-9-16)12-15-21-19(23)20(13-7-14-20)17-10-5-2-6-11-17/h1-6,8-11,18,22H,7,12-15H2,(H,21,23). The molecule has 1 aliphatic rings. The van der Waals surface area contributed by atoms with Gasteiger partial charge in [-0.1, -0.05) is 67.1 Å². The SMILES string of the molecule is O=C(NCCC(O)c1ccccc1)C1(c2ccccc2)CCC1. The van der Waals surface area contributed by atoms with E-state index in [0.29, 0.717) is 13.0 Å². The third-order valence-electron chi connectivity index (χ3n) is 4.86. The van der Waals surface area contributed by atoms with E-state index in [1.807, 2.05) is 60.7 Å². The number of carbonyl (C=O) groups is 1. The first kappa shape index (κ1) is 15.8. The molecule has 0 spiro atoms. The quantitative estimate of drug-likeness (QED) is 0.860. The van der Waals surface area contributed by atoms with E-state index in [4.69, 9.17) is 0 Å². The normalized spacial score (nSPS) is 17.1. The molecule has 2 aromatic carbocycles. The monoisotopic (exact) mass is 309 g/mol. The average molecular weight is 309 g/mol. The van der Waals surface area contributed by atoms with E-state index < -0.39 is 6.10 Å². The van der Waals surface area contributed by atoms with Crippen LogP contribution in [0.3, 0.4) is 0 Å². The zero-order valence-corrected chi connectivity index (χ0v) is 13.2. The van der Waals surface area contributed by atoms with Gasteiger partial charge in [-0.05, 0) is 30.4 Å². The largest absolute Gasteiger partial charge is 0.388 e. The third kappa shape index (κ3) is 3.30. The molecular weight excluding hydrogens is 286 g/mol. The number of benzene rings is 2. The number of aliphatic hydroxyl groups excluding tert-OH is 1. The Kier molecular flexibility index (Phi) is 4.77. The second-order valence-electron chi connectivity index (χ2n) is 6.27. The maximum atomic E-state index is 12.7. The summed E-state index contributed by atoms with van der Waals surface area (Å²) in [6.45, 7) is 0.490. The molecule has 1 unspecified atom stereocenters. The molecule has 0 aromatic heterocycles. The van der Waals surface area contributed by atoms with Gasteiger partial charge in [0.1, 0.15) is 0 Å². The van der Waals surface area contributed by atoms with E-state index in [-0.39, 0.29) is 11.3 Å². The maximum Gasteiger partial charge on any atom is 0.230 e. The van der Waals surface area contributed by atoms with Crippen LogP contribution in [0.2, 0.25) is 0 Å². The van der Waals surface area contributed by atoms with Gasteiger partial charge in [-0.2, -0.15) is 0 Å². The van der Waals surface area contributed by atoms with Crippen molar-refractivity contribution in [3.05, 3.63) is 71.8 Å². The van der Waals surface area contributed by atoms with Gasteiger partial charge in [0.15, 0.2) is 0 Å². The van der Waals surface area contributed by atoms with Crippen LogP contribution in [0.4, 0.5) is 0 Å². The fourth-order valence-electron chi connectivity index (χ4n) is 3.27. The van der Waals surface area contributed by atoms with E-state index >= 15 is 0 Å². The lowest BCUT2D eigenvalue weighted by molar-refractivity contribution is -0.130. The summed E-state index contributed by atoms with van der Waals surface area (Å²) < 4.78 is 0. The van der Waals surface area contributed by atoms with Crippen molar-refractivity contribution in [1.82, 2.24) is 5.32 Å². The molecule has 2 N–H and O–H groups in total. The van der Waals surface area contributed by atoms with Gasteiger partial charge in [0.05, 0.1) is 11.5 Å². The number of nitrogens with one attached hydrogen (secondary N) is 1. The molecule has 2 aromatic rings. The molecule has 0 saturated heterocycles. The van der Waals surface area contributed by atoms with Crippen LogP contribution >= 0.6 is 0 Å². The third-order valence-corrected chi connectivity index (χ3v) is 4.86. The Morgan fingerprint density at radius 3 is 2.22 bits per heavy atom. The molecule has 3 heteroatoms. The van der Waals surface area contributed by atoms with Gasteiger partial charge in [0, 0.05) is 6.54 Å². The average Bonchev–Trinajstić information content (AvgIpc) is 2.55. The smallest absolute Gasteiger partial charge is 0.230 e. The lowest BCUT2D eigenvalue weighted by atomic mass is 9.64. The Morgan fingerprint density at radius 2 is 1.65 bits per heavy atom. The summed E-state index contributed by atoms with van der Waals surface area (Å²) in [6, 6.07) is 19.6. The minimum atomic E-state index is -0.537. The van der Waals surface area contributed by atoms with Crippen LogP contribution in [0.15, 0.2) is 60.7 Å². The van der Waals surface area contributed by atoms with Gasteiger partial charge >= 0.3 is 0 Å². The molecule has 0 bridgehead atoms. The first-order valence-corrected chi connectivity index (χ1v) is 8.29. The molecule has 1 atom stereocenters. The van der Waals surface area contributed by atoms with Crippen LogP contribution in [-0.2, 0) is 10.2 Å². The molecule has 0 aliphatic heterocycles. The Morgan fingerprint density at radius 1 is 1.04 bits per heavy atom. The highest BCUT2D eigenvalue weighted by molar-refractivity contribution is 5.89. The Balaban J connectivity index is 1.57. The van der Waals surface area contributed by atoms with Gasteiger partial charge in [-0.15, -0.1) is 0 Å². The van der Waals surface area contributed by atoms with Crippen LogP contribution in [-0.4, -0.2) is 17.6 Å². The fraction of sp³-hybridized carbons (Fsp3) is 0.350. The molecule has 120 valence electrons. The lowest BCUT2D eigenvalue weighted by Crippen LogP contribution is -2.49. The molecule has 3 rings (SSSR count). The van der Waals surface area contributed by atoms with E-state index in [1.54, 1.807) is 0 Å². The predicted octanol–water partition coefficient (Wildman–Crippen LogP) is 3.35. The van der Waals surface area contributed by atoms with Gasteiger partial charge in [-0.3, -0.25) is 4.79 Å². The van der Waals surface area contributed by atoms with Crippen molar-refractivity contribution in [3.8, 4) is 0 Å². The summed E-state index contributed by atoms with van der Waals surface area (Å²) in [7, 11) is 0. The summed E-state index contributed by atoms with van der Waals surface area (Å²) in [5, 5.41) is 13.2. The van der Waals surface area contributed by atoms with Crippen molar-refractivity contribution in [2.45, 2.75) is 37.2 Å². The zero-order valence-electron chi connectivity index (χ0n) is 13.2. The molecule has 0 heterocycles. The molecule has 1 saturated carbocycles. The highest BCUT2D eigenvalue weighted by Crippen LogP contribution is 2.43. The predicted molar refractivity (Wildman–Crippen MR) is 91.0 cm³/mol. The van der Waals surface area contributed by atoms with E-state index in [9.17, 15) is 9.90 Å². The zero-order chi connectivity index (χ0) is 16.1. The minimum absolute atomic E-state index is 0.0928. The van der Waals surface area contributed by atoms with Crippen molar-refractivity contribution in [1.29, 1.82) is 0 Å². The second-order valence-corrected chi connectivity index (χ2v) is 6.27. The summed E-state index contributed by atoms with van der Waals surface area (Å²) in [4.78, 5) is 12.7. The van der Waals surface area contributed by atoms with Crippen LogP contribution in [0.5, 0.6) is 0 Å². The molecular formula is C20H23NO2. The summed E-state index contributed by atoms with van der Waals surface area (Å²) in [6.07, 6.45) is 2.90. The first-order valence-electron chi connectivity index (χ1n) is 8.29. The van der Waals surface area contributed by atoms with Crippen molar-refractivity contribution in [2.24, 2.45) is 0 Å². The van der Waals surface area contributed by atoms with Gasteiger partial charge in [-0.25, -0.2) is 0 Å². The Hall–Kier alpha value is -2.13. The number of hydrogen-bond donors (Lipinski definition) is 2. The van der Waals surface area contributed by atoms with Crippen molar-refractivity contribution in [2.75, 3.05) is 6.54 Å². The maximum absolute atomic E-state index is 12.7. The van der Waals surface area contributed by atoms with Crippen LogP contribution < -0.4 is 5.32 Å². The summed E-state index contributed by atoms with van der Waals surface area (Å²) in [5.74, 6) is 0.0928. The van der Waals surface area contributed by atoms with Crippen LogP contribution in [0.1, 0.15) is 42.9 Å². The second kappa shape index (κ2) is 6.97. The summed E-state index contributed by atoms with van der Waals surface area (Å²) in [5.41, 5.74) is 1.63. The lowest BCUT2D eigenvalue weighted by Gasteiger charge is -2.40. The number of aliphatic hydroxyl groups is 1. The fourth-order valence-corrected chi connectivity index (χ4v) is 3.27. The van der Waals surface area contributed by atoms with E-state index in [1.165, 1.54) is 0 Å². The molecule has 1 amide bonds. The topological polar surface area (TPSA) is 49.3 Å². The molecule has 23 heavy (non-hydrogen) atoms. The number of rotatable bonds is 6. The number of carbonyl (C=O) groups excluding carboxylic acids is 1. The van der Waals surface area contributed by atoms with Crippen molar-refractivity contribution < 1.29 is 9.90 Å². The number of hydrogen-bond acceptors (Lipinski definition) is 2. The highest BCUT2D eigenvalue weighted by atomic mass is 16.3. The highest BCUT2D eigenvalue weighted by Gasteiger charge is 2.45. The molecule has 3 nitrogen and oxygen atoms in total. The van der Waals surface area contributed by atoms with Gasteiger partial charge < -0.3 is 10.4 Å². The molecule has 0 radical (unpaired) electrons. The van der Waals surface area contributed by atoms with Crippen LogP contribution in [0.25, 0.3) is 0 Å².